The maximum atomic E-state index is 11.2. The number of allylic oxidation sites excluding steroid dienone is 1. The monoisotopic (exact) mass is 344 g/mol. The second kappa shape index (κ2) is 7.00. The molecular weight excluding hydrogens is 320 g/mol. The summed E-state index contributed by atoms with van der Waals surface area (Å²) < 4.78 is 16.6. The molecule has 1 fully saturated rings. The molecule has 5 heteroatoms. The summed E-state index contributed by atoms with van der Waals surface area (Å²) in [5.41, 5.74) is 2.26. The molecule has 0 spiro atoms. The van der Waals surface area contributed by atoms with E-state index in [1.54, 1.807) is 12.1 Å². The zero-order valence-electron chi connectivity index (χ0n) is 14.9. The average molecular weight is 344 g/mol. The molecule has 0 amide bonds. The third kappa shape index (κ3) is 3.93. The van der Waals surface area contributed by atoms with Crippen molar-refractivity contribution in [1.82, 2.24) is 0 Å². The van der Waals surface area contributed by atoms with Crippen LogP contribution < -0.4 is 4.74 Å². The van der Waals surface area contributed by atoms with Gasteiger partial charge in [-0.2, -0.15) is 0 Å². The lowest BCUT2D eigenvalue weighted by atomic mass is 9.66. The first-order valence-electron chi connectivity index (χ1n) is 8.59. The summed E-state index contributed by atoms with van der Waals surface area (Å²) in [4.78, 5) is 22.2. The molecule has 1 saturated heterocycles. The lowest BCUT2D eigenvalue weighted by Gasteiger charge is -2.47. The number of rotatable bonds is 4. The molecule has 0 N–H and O–H groups in total. The lowest BCUT2D eigenvalue weighted by molar-refractivity contribution is -0.156. The summed E-state index contributed by atoms with van der Waals surface area (Å²) in [6, 6.07) is 7.49. The number of benzene rings is 1. The van der Waals surface area contributed by atoms with Crippen molar-refractivity contribution in [1.29, 1.82) is 0 Å². The van der Waals surface area contributed by atoms with Gasteiger partial charge < -0.3 is 14.2 Å². The Morgan fingerprint density at radius 1 is 1.20 bits per heavy atom. The van der Waals surface area contributed by atoms with E-state index in [1.165, 1.54) is 19.4 Å². The largest absolute Gasteiger partial charge is 0.465 e. The van der Waals surface area contributed by atoms with Gasteiger partial charge in [-0.05, 0) is 37.5 Å². The van der Waals surface area contributed by atoms with Crippen LogP contribution in [0.4, 0.5) is 0 Å². The van der Waals surface area contributed by atoms with E-state index in [9.17, 15) is 9.59 Å². The summed E-state index contributed by atoms with van der Waals surface area (Å²) in [5, 5.41) is 0. The van der Waals surface area contributed by atoms with Gasteiger partial charge in [0.05, 0.1) is 19.3 Å². The van der Waals surface area contributed by atoms with Crippen molar-refractivity contribution >= 4 is 11.9 Å². The van der Waals surface area contributed by atoms with Gasteiger partial charge in [0, 0.05) is 25.2 Å². The molecule has 1 heterocycles. The SMILES string of the molecule is CC(=O)OC[C@]12CC=C(C)[C@@H](C1)[C@@H](c1ccc(OC(C)=O)cc1)OC2. The Hall–Kier alpha value is -2.14. The Morgan fingerprint density at radius 3 is 2.56 bits per heavy atom. The highest BCUT2D eigenvalue weighted by Gasteiger charge is 2.45. The number of carbonyl (C=O) groups excluding carboxylic acids is 2. The average Bonchev–Trinajstić information content (AvgIpc) is 2.58. The molecule has 3 atom stereocenters. The molecular formula is C20H24O5. The van der Waals surface area contributed by atoms with Crippen LogP contribution >= 0.6 is 0 Å². The first-order chi connectivity index (χ1) is 11.9. The standard InChI is InChI=1S/C20H24O5/c1-13-8-9-20(11-23-14(2)21)10-18(13)19(24-12-20)16-4-6-17(7-5-16)25-15(3)22/h4-8,18-19H,9-12H2,1-3H3/t18-,19-,20+/m1/s1. The predicted octanol–water partition coefficient (Wildman–Crippen LogP) is 3.59. The van der Waals surface area contributed by atoms with Gasteiger partial charge in [0.2, 0.25) is 0 Å². The van der Waals surface area contributed by atoms with E-state index in [0.29, 0.717) is 19.0 Å². The van der Waals surface area contributed by atoms with Crippen LogP contribution in [-0.2, 0) is 19.1 Å². The summed E-state index contributed by atoms with van der Waals surface area (Å²) in [6.07, 6.45) is 4.04. The van der Waals surface area contributed by atoms with Crippen LogP contribution in [0.25, 0.3) is 0 Å². The molecule has 1 aliphatic carbocycles. The predicted molar refractivity (Wildman–Crippen MR) is 92.0 cm³/mol. The van der Waals surface area contributed by atoms with Crippen LogP contribution in [0.3, 0.4) is 0 Å². The summed E-state index contributed by atoms with van der Waals surface area (Å²) >= 11 is 0. The Kier molecular flexibility index (Phi) is 4.95. The van der Waals surface area contributed by atoms with E-state index in [2.05, 4.69) is 13.0 Å². The Labute approximate surface area is 148 Å². The zero-order valence-corrected chi connectivity index (χ0v) is 14.9. The van der Waals surface area contributed by atoms with Crippen molar-refractivity contribution in [2.45, 2.75) is 39.7 Å². The summed E-state index contributed by atoms with van der Waals surface area (Å²) in [6.45, 7) is 5.93. The van der Waals surface area contributed by atoms with Crippen LogP contribution in [0.1, 0.15) is 45.3 Å². The minimum atomic E-state index is -0.331. The van der Waals surface area contributed by atoms with E-state index in [4.69, 9.17) is 14.2 Å². The number of fused-ring (bicyclic) bond motifs is 2. The van der Waals surface area contributed by atoms with Crippen LogP contribution in [-0.4, -0.2) is 25.2 Å². The molecule has 1 aliphatic heterocycles. The number of hydrogen-bond acceptors (Lipinski definition) is 5. The molecule has 2 bridgehead atoms. The second-order valence-electron chi connectivity index (χ2n) is 7.14. The van der Waals surface area contributed by atoms with Crippen molar-refractivity contribution in [3.05, 3.63) is 41.5 Å². The molecule has 0 radical (unpaired) electrons. The second-order valence-corrected chi connectivity index (χ2v) is 7.14. The molecule has 25 heavy (non-hydrogen) atoms. The Bertz CT molecular complexity index is 691. The molecule has 0 saturated carbocycles. The van der Waals surface area contributed by atoms with Crippen LogP contribution in [0.2, 0.25) is 0 Å². The Morgan fingerprint density at radius 2 is 1.92 bits per heavy atom. The van der Waals surface area contributed by atoms with Gasteiger partial charge in [0.15, 0.2) is 0 Å². The molecule has 0 unspecified atom stereocenters. The van der Waals surface area contributed by atoms with Crippen molar-refractivity contribution in [3.8, 4) is 5.75 Å². The molecule has 0 aromatic heterocycles. The highest BCUT2D eigenvalue weighted by Crippen LogP contribution is 2.50. The van der Waals surface area contributed by atoms with Gasteiger partial charge in [0.25, 0.3) is 0 Å². The minimum Gasteiger partial charge on any atom is -0.465 e. The van der Waals surface area contributed by atoms with Gasteiger partial charge in [0.1, 0.15) is 5.75 Å². The van der Waals surface area contributed by atoms with Crippen LogP contribution in [0.5, 0.6) is 5.75 Å². The fourth-order valence-electron chi connectivity index (χ4n) is 3.72. The number of hydrogen-bond donors (Lipinski definition) is 0. The zero-order chi connectivity index (χ0) is 18.0. The number of ether oxygens (including phenoxy) is 3. The molecule has 3 rings (SSSR count). The molecule has 5 nitrogen and oxygen atoms in total. The molecule has 134 valence electrons. The third-order valence-electron chi connectivity index (χ3n) is 5.08. The van der Waals surface area contributed by atoms with Gasteiger partial charge in [-0.3, -0.25) is 9.59 Å². The molecule has 1 aromatic rings. The topological polar surface area (TPSA) is 61.8 Å². The summed E-state index contributed by atoms with van der Waals surface area (Å²) in [5.74, 6) is 0.216. The minimum absolute atomic E-state index is 0.0339. The normalized spacial score (nSPS) is 28.0. The van der Waals surface area contributed by atoms with Crippen molar-refractivity contribution in [3.63, 3.8) is 0 Å². The van der Waals surface area contributed by atoms with Gasteiger partial charge in [-0.1, -0.05) is 23.8 Å². The maximum Gasteiger partial charge on any atom is 0.308 e. The van der Waals surface area contributed by atoms with E-state index >= 15 is 0 Å². The van der Waals surface area contributed by atoms with Crippen molar-refractivity contribution in [2.24, 2.45) is 11.3 Å². The third-order valence-corrected chi connectivity index (χ3v) is 5.08. The number of esters is 2. The van der Waals surface area contributed by atoms with E-state index < -0.39 is 0 Å². The van der Waals surface area contributed by atoms with E-state index in [-0.39, 0.29) is 29.4 Å². The van der Waals surface area contributed by atoms with E-state index in [0.717, 1.165) is 18.4 Å². The van der Waals surface area contributed by atoms with Crippen LogP contribution in [0.15, 0.2) is 35.9 Å². The fraction of sp³-hybridized carbons (Fsp3) is 0.500. The van der Waals surface area contributed by atoms with Crippen molar-refractivity contribution in [2.75, 3.05) is 13.2 Å². The fourth-order valence-corrected chi connectivity index (χ4v) is 3.72. The molecule has 1 aromatic carbocycles. The van der Waals surface area contributed by atoms with Crippen LogP contribution in [0, 0.1) is 11.3 Å². The summed E-state index contributed by atoms with van der Waals surface area (Å²) in [7, 11) is 0. The van der Waals surface area contributed by atoms with Gasteiger partial charge in [-0.15, -0.1) is 0 Å². The van der Waals surface area contributed by atoms with Gasteiger partial charge >= 0.3 is 11.9 Å². The lowest BCUT2D eigenvalue weighted by Crippen LogP contribution is -2.44. The first kappa shape index (κ1) is 17.7. The first-order valence-corrected chi connectivity index (χ1v) is 8.59. The highest BCUT2D eigenvalue weighted by molar-refractivity contribution is 5.69. The van der Waals surface area contributed by atoms with Gasteiger partial charge in [-0.25, -0.2) is 0 Å². The Balaban J connectivity index is 1.76. The quantitative estimate of drug-likeness (QED) is 0.474. The van der Waals surface area contributed by atoms with Crippen molar-refractivity contribution < 1.29 is 23.8 Å². The maximum absolute atomic E-state index is 11.2. The molecule has 2 aliphatic rings. The number of carbonyl (C=O) groups is 2. The highest BCUT2D eigenvalue weighted by atomic mass is 16.5. The van der Waals surface area contributed by atoms with E-state index in [1.807, 2.05) is 12.1 Å². The smallest absolute Gasteiger partial charge is 0.308 e.